The fourth-order valence-corrected chi connectivity index (χ4v) is 5.57. The molecule has 5 rings (SSSR count). The minimum absolute atomic E-state index is 0.145. The molecule has 0 amide bonds. The van der Waals surface area contributed by atoms with E-state index in [1.807, 2.05) is 36.4 Å². The number of hydrogen-bond donors (Lipinski definition) is 1. The highest BCUT2D eigenvalue weighted by Crippen LogP contribution is 2.40. The summed E-state index contributed by atoms with van der Waals surface area (Å²) in [5.74, 6) is 0.182. The molecule has 182 valence electrons. The molecule has 36 heavy (non-hydrogen) atoms. The highest BCUT2D eigenvalue weighted by atomic mass is 32.1. The van der Waals surface area contributed by atoms with Crippen molar-refractivity contribution in [3.05, 3.63) is 103 Å². The Morgan fingerprint density at radius 2 is 1.89 bits per heavy atom. The van der Waals surface area contributed by atoms with Gasteiger partial charge in [-0.1, -0.05) is 53.8 Å². The second-order valence-electron chi connectivity index (χ2n) is 8.30. The molecular weight excluding hydrogens is 476 g/mol. The number of carbonyl (C=O) groups is 1. The van der Waals surface area contributed by atoms with E-state index in [1.165, 1.54) is 11.3 Å². The summed E-state index contributed by atoms with van der Waals surface area (Å²) >= 11 is 1.25. The Morgan fingerprint density at radius 1 is 1.14 bits per heavy atom. The van der Waals surface area contributed by atoms with Crippen LogP contribution in [-0.4, -0.2) is 29.4 Å². The van der Waals surface area contributed by atoms with Crippen LogP contribution in [0.25, 0.3) is 16.8 Å². The highest BCUT2D eigenvalue weighted by Gasteiger charge is 2.36. The number of rotatable bonds is 5. The predicted molar refractivity (Wildman–Crippen MR) is 139 cm³/mol. The van der Waals surface area contributed by atoms with Crippen molar-refractivity contribution in [3.8, 4) is 11.5 Å². The van der Waals surface area contributed by atoms with Crippen molar-refractivity contribution >= 4 is 34.2 Å². The van der Waals surface area contributed by atoms with E-state index in [2.05, 4.69) is 4.99 Å². The molecule has 0 radical (unpaired) electrons. The standard InChI is InChI=1S/C28H24N2O5S/c1-4-35-27(33)23-16(2)29-28-30(26(32)22(36-28)15-17-9-12-19(31)13-10-17)25(23)24-20-8-6-5-7-18(20)11-14-21(24)34-3/h5-15,25,31H,4H2,1-3H3/b22-15+. The van der Waals surface area contributed by atoms with E-state index in [-0.39, 0.29) is 17.9 Å². The summed E-state index contributed by atoms with van der Waals surface area (Å²) in [4.78, 5) is 32.2. The molecule has 4 aromatic rings. The van der Waals surface area contributed by atoms with Gasteiger partial charge in [-0.05, 0) is 54.5 Å². The minimum atomic E-state index is -0.789. The summed E-state index contributed by atoms with van der Waals surface area (Å²) in [6.45, 7) is 3.70. The molecular formula is C28H24N2O5S. The summed E-state index contributed by atoms with van der Waals surface area (Å²) in [7, 11) is 1.57. The molecule has 7 nitrogen and oxygen atoms in total. The molecule has 0 bridgehead atoms. The van der Waals surface area contributed by atoms with Gasteiger partial charge < -0.3 is 14.6 Å². The lowest BCUT2D eigenvalue weighted by Gasteiger charge is -2.27. The number of esters is 1. The number of phenolic OH excluding ortho intramolecular Hbond substituents is 1. The normalized spacial score (nSPS) is 15.5. The van der Waals surface area contributed by atoms with Crippen LogP contribution in [0.1, 0.15) is 31.0 Å². The highest BCUT2D eigenvalue weighted by molar-refractivity contribution is 7.07. The maximum absolute atomic E-state index is 13.9. The third-order valence-electron chi connectivity index (χ3n) is 6.13. The number of hydrogen-bond acceptors (Lipinski definition) is 7. The van der Waals surface area contributed by atoms with E-state index >= 15 is 0 Å². The summed E-state index contributed by atoms with van der Waals surface area (Å²) in [6, 6.07) is 17.4. The van der Waals surface area contributed by atoms with E-state index in [0.29, 0.717) is 31.9 Å². The van der Waals surface area contributed by atoms with Crippen molar-refractivity contribution in [1.29, 1.82) is 0 Å². The lowest BCUT2D eigenvalue weighted by Crippen LogP contribution is -2.40. The second kappa shape index (κ2) is 9.47. The predicted octanol–water partition coefficient (Wildman–Crippen LogP) is 3.67. The third kappa shape index (κ3) is 3.99. The first-order valence-electron chi connectivity index (χ1n) is 11.5. The zero-order valence-corrected chi connectivity index (χ0v) is 20.8. The molecule has 1 N–H and O–H groups in total. The van der Waals surface area contributed by atoms with E-state index in [9.17, 15) is 14.7 Å². The minimum Gasteiger partial charge on any atom is -0.508 e. The van der Waals surface area contributed by atoms with Gasteiger partial charge in [-0.25, -0.2) is 9.79 Å². The second-order valence-corrected chi connectivity index (χ2v) is 9.31. The number of allylic oxidation sites excluding steroid dienone is 1. The number of aromatic nitrogens is 1. The molecule has 1 unspecified atom stereocenters. The number of benzene rings is 3. The maximum Gasteiger partial charge on any atom is 0.338 e. The largest absolute Gasteiger partial charge is 0.508 e. The zero-order chi connectivity index (χ0) is 25.4. The van der Waals surface area contributed by atoms with Crippen LogP contribution in [0.3, 0.4) is 0 Å². The SMILES string of the molecule is CCOC(=O)C1=C(C)N=c2s/c(=C/c3ccc(O)cc3)c(=O)n2C1c1c(OC)ccc2ccccc12. The zero-order valence-electron chi connectivity index (χ0n) is 20.0. The maximum atomic E-state index is 13.9. The van der Waals surface area contributed by atoms with Gasteiger partial charge in [0.15, 0.2) is 4.80 Å². The number of methoxy groups -OCH3 is 1. The van der Waals surface area contributed by atoms with Crippen LogP contribution in [0.2, 0.25) is 0 Å². The van der Waals surface area contributed by atoms with Gasteiger partial charge >= 0.3 is 5.97 Å². The third-order valence-corrected chi connectivity index (χ3v) is 7.11. The van der Waals surface area contributed by atoms with Crippen molar-refractivity contribution in [3.63, 3.8) is 0 Å². The topological polar surface area (TPSA) is 90.1 Å². The van der Waals surface area contributed by atoms with Gasteiger partial charge in [-0.3, -0.25) is 9.36 Å². The Kier molecular flexibility index (Phi) is 6.20. The molecule has 0 spiro atoms. The fourth-order valence-electron chi connectivity index (χ4n) is 4.52. The molecule has 0 saturated heterocycles. The quantitative estimate of drug-likeness (QED) is 0.423. The number of thiazole rings is 1. The van der Waals surface area contributed by atoms with Crippen molar-refractivity contribution in [2.45, 2.75) is 19.9 Å². The van der Waals surface area contributed by atoms with Crippen LogP contribution in [0.15, 0.2) is 81.7 Å². The molecule has 1 aliphatic heterocycles. The number of ether oxygens (including phenoxy) is 2. The molecule has 0 fully saturated rings. The van der Waals surface area contributed by atoms with Gasteiger partial charge in [0.05, 0.1) is 29.5 Å². The number of fused-ring (bicyclic) bond motifs is 2. The summed E-state index contributed by atoms with van der Waals surface area (Å²) in [5.41, 5.74) is 1.98. The van der Waals surface area contributed by atoms with Crippen molar-refractivity contribution in [2.24, 2.45) is 4.99 Å². The average molecular weight is 501 g/mol. The number of nitrogens with zero attached hydrogens (tertiary/aromatic N) is 2. The average Bonchev–Trinajstić information content (AvgIpc) is 3.18. The first-order chi connectivity index (χ1) is 17.4. The van der Waals surface area contributed by atoms with Crippen molar-refractivity contribution in [1.82, 2.24) is 4.57 Å². The molecule has 0 aliphatic carbocycles. The van der Waals surface area contributed by atoms with Crippen LogP contribution in [0.4, 0.5) is 0 Å². The van der Waals surface area contributed by atoms with Gasteiger partial charge in [-0.2, -0.15) is 0 Å². The van der Waals surface area contributed by atoms with Gasteiger partial charge in [0.25, 0.3) is 5.56 Å². The summed E-state index contributed by atoms with van der Waals surface area (Å²) < 4.78 is 13.2. The molecule has 1 aromatic heterocycles. The Morgan fingerprint density at radius 3 is 2.61 bits per heavy atom. The van der Waals surface area contributed by atoms with Crippen molar-refractivity contribution < 1.29 is 19.4 Å². The fraction of sp³-hybridized carbons (Fsp3) is 0.179. The first-order valence-corrected chi connectivity index (χ1v) is 12.3. The Labute approximate surface area is 210 Å². The van der Waals surface area contributed by atoms with Crippen LogP contribution < -0.4 is 19.6 Å². The van der Waals surface area contributed by atoms with E-state index in [0.717, 1.165) is 16.3 Å². The monoisotopic (exact) mass is 500 g/mol. The summed E-state index contributed by atoms with van der Waals surface area (Å²) in [6.07, 6.45) is 1.75. The number of phenols is 1. The Balaban J connectivity index is 1.84. The van der Waals surface area contributed by atoms with E-state index in [1.54, 1.807) is 55.9 Å². The van der Waals surface area contributed by atoms with Crippen molar-refractivity contribution in [2.75, 3.05) is 13.7 Å². The van der Waals surface area contributed by atoms with E-state index in [4.69, 9.17) is 9.47 Å². The Bertz CT molecular complexity index is 1700. The number of aromatic hydroxyl groups is 1. The number of carbonyl (C=O) groups excluding carboxylic acids is 1. The molecule has 0 saturated carbocycles. The van der Waals surface area contributed by atoms with Crippen LogP contribution in [0.5, 0.6) is 11.5 Å². The summed E-state index contributed by atoms with van der Waals surface area (Å²) in [5, 5.41) is 11.4. The van der Waals surface area contributed by atoms with Gasteiger partial charge in [0.2, 0.25) is 0 Å². The lowest BCUT2D eigenvalue weighted by atomic mass is 9.90. The lowest BCUT2D eigenvalue weighted by molar-refractivity contribution is -0.139. The van der Waals surface area contributed by atoms with Gasteiger partial charge in [0.1, 0.15) is 17.5 Å². The van der Waals surface area contributed by atoms with E-state index < -0.39 is 12.0 Å². The molecule has 1 aliphatic rings. The Hall–Kier alpha value is -4.17. The van der Waals surface area contributed by atoms with Crippen LogP contribution in [-0.2, 0) is 9.53 Å². The van der Waals surface area contributed by atoms with Crippen LogP contribution >= 0.6 is 11.3 Å². The molecule has 1 atom stereocenters. The smallest absolute Gasteiger partial charge is 0.338 e. The molecule has 2 heterocycles. The first kappa shape index (κ1) is 23.6. The van der Waals surface area contributed by atoms with Gasteiger partial charge in [0, 0.05) is 5.56 Å². The molecule has 8 heteroatoms. The van der Waals surface area contributed by atoms with Crippen LogP contribution in [0, 0.1) is 0 Å². The van der Waals surface area contributed by atoms with Gasteiger partial charge in [-0.15, -0.1) is 0 Å². The molecule has 3 aromatic carbocycles.